The molecule has 96 valence electrons. The van der Waals surface area contributed by atoms with Gasteiger partial charge in [-0.1, -0.05) is 46.3 Å². The third-order valence-electron chi connectivity index (χ3n) is 4.59. The highest BCUT2D eigenvalue weighted by Crippen LogP contribution is 2.46. The minimum Gasteiger partial charge on any atom is -0.368 e. The van der Waals surface area contributed by atoms with E-state index in [1.54, 1.807) is 0 Å². The summed E-state index contributed by atoms with van der Waals surface area (Å²) < 4.78 is 0. The zero-order chi connectivity index (χ0) is 13.0. The van der Waals surface area contributed by atoms with Gasteiger partial charge in [0.25, 0.3) is 0 Å². The average Bonchev–Trinajstić information content (AvgIpc) is 2.43. The van der Waals surface area contributed by atoms with Crippen LogP contribution in [0.25, 0.3) is 0 Å². The maximum Gasteiger partial charge on any atom is 0.0651 e. The highest BCUT2D eigenvalue weighted by molar-refractivity contribution is 9.09. The van der Waals surface area contributed by atoms with Gasteiger partial charge in [0.05, 0.1) is 10.9 Å². The van der Waals surface area contributed by atoms with E-state index in [-0.39, 0.29) is 0 Å². The Hall–Kier alpha value is -1.28. The lowest BCUT2D eigenvalue weighted by Gasteiger charge is -2.38. The van der Waals surface area contributed by atoms with Crippen molar-refractivity contribution in [2.75, 3.05) is 11.9 Å². The van der Waals surface area contributed by atoms with Crippen LogP contribution in [0.1, 0.15) is 39.5 Å². The number of anilines is 1. The fraction of sp³-hybridized carbons (Fsp3) is 0.294. The number of benzene rings is 2. The molecule has 1 aliphatic carbocycles. The van der Waals surface area contributed by atoms with Crippen molar-refractivity contribution in [1.29, 1.82) is 0 Å². The van der Waals surface area contributed by atoms with Crippen molar-refractivity contribution in [3.8, 4) is 0 Å². The minimum absolute atomic E-state index is 0.329. The Kier molecular flexibility index (Phi) is 2.49. The van der Waals surface area contributed by atoms with Gasteiger partial charge in [-0.15, -0.1) is 0 Å². The first-order valence-electron chi connectivity index (χ1n) is 6.84. The molecule has 4 bridgehead atoms. The van der Waals surface area contributed by atoms with Crippen LogP contribution in [0, 0.1) is 0 Å². The molecule has 4 aliphatic rings. The van der Waals surface area contributed by atoms with E-state index < -0.39 is 0 Å². The fourth-order valence-electron chi connectivity index (χ4n) is 3.51. The van der Waals surface area contributed by atoms with Crippen molar-refractivity contribution in [1.82, 2.24) is 0 Å². The molecule has 0 radical (unpaired) electrons. The first-order chi connectivity index (χ1) is 9.25. The summed E-state index contributed by atoms with van der Waals surface area (Å²) >= 11 is 3.93. The second kappa shape index (κ2) is 4.11. The van der Waals surface area contributed by atoms with Crippen molar-refractivity contribution < 1.29 is 0 Å². The summed E-state index contributed by atoms with van der Waals surface area (Å²) in [5.41, 5.74) is 7.18. The summed E-state index contributed by atoms with van der Waals surface area (Å²) in [6, 6.07) is 16.3. The van der Waals surface area contributed by atoms with Gasteiger partial charge in [0.15, 0.2) is 0 Å². The topological polar surface area (TPSA) is 3.24 Å². The Morgan fingerprint density at radius 3 is 2.68 bits per heavy atom. The summed E-state index contributed by atoms with van der Waals surface area (Å²) in [7, 11) is 2.22. The van der Waals surface area contributed by atoms with Gasteiger partial charge in [0.2, 0.25) is 0 Å². The lowest BCUT2D eigenvalue weighted by molar-refractivity contribution is 0.590. The largest absolute Gasteiger partial charge is 0.368 e. The molecule has 2 atom stereocenters. The standard InChI is InChI=1S/C17H16BrN/c1-19-12-8-6-11-7-9-16(19)13-4-2-3-5-14(13)17(18)15(11)10-12/h2-6,8,10,16-17H,7,9H2,1H3. The lowest BCUT2D eigenvalue weighted by atomic mass is 9.83. The normalized spacial score (nSPS) is 23.8. The van der Waals surface area contributed by atoms with Gasteiger partial charge in [0, 0.05) is 12.7 Å². The third-order valence-corrected chi connectivity index (χ3v) is 5.58. The van der Waals surface area contributed by atoms with Crippen molar-refractivity contribution in [2.45, 2.75) is 23.7 Å². The molecule has 0 aromatic heterocycles. The van der Waals surface area contributed by atoms with Crippen LogP contribution in [-0.2, 0) is 6.42 Å². The van der Waals surface area contributed by atoms with Crippen LogP contribution in [0.15, 0.2) is 42.5 Å². The SMILES string of the molecule is CN1c2ccc3c(c2)C(Br)c2ccccc2C1CC3. The van der Waals surface area contributed by atoms with E-state index in [1.165, 1.54) is 40.8 Å². The summed E-state index contributed by atoms with van der Waals surface area (Å²) in [5, 5.41) is 0. The van der Waals surface area contributed by atoms with Gasteiger partial charge < -0.3 is 4.90 Å². The number of nitrogens with zero attached hydrogens (tertiary/aromatic N) is 1. The van der Waals surface area contributed by atoms with E-state index in [0.717, 1.165) is 0 Å². The number of hydrogen-bond donors (Lipinski definition) is 0. The van der Waals surface area contributed by atoms with Crippen molar-refractivity contribution in [3.63, 3.8) is 0 Å². The van der Waals surface area contributed by atoms with Gasteiger partial charge in [-0.2, -0.15) is 0 Å². The smallest absolute Gasteiger partial charge is 0.0651 e. The molecule has 2 aromatic rings. The molecule has 2 unspecified atom stereocenters. The van der Waals surface area contributed by atoms with Crippen LogP contribution in [-0.4, -0.2) is 7.05 Å². The van der Waals surface area contributed by atoms with Crippen molar-refractivity contribution >= 4 is 21.6 Å². The summed E-state index contributed by atoms with van der Waals surface area (Å²) in [6.07, 6.45) is 2.37. The molecule has 0 amide bonds. The van der Waals surface area contributed by atoms with Gasteiger partial charge in [0.1, 0.15) is 0 Å². The number of alkyl halides is 1. The Morgan fingerprint density at radius 2 is 1.84 bits per heavy atom. The molecule has 6 rings (SSSR count). The predicted octanol–water partition coefficient (Wildman–Crippen LogP) is 4.61. The number of aryl methyl sites for hydroxylation is 1. The Labute approximate surface area is 122 Å². The molecular weight excluding hydrogens is 298 g/mol. The van der Waals surface area contributed by atoms with E-state index in [4.69, 9.17) is 0 Å². The first kappa shape index (κ1) is 11.5. The van der Waals surface area contributed by atoms with Crippen molar-refractivity contribution in [2.24, 2.45) is 0 Å². The van der Waals surface area contributed by atoms with Crippen LogP contribution in [0.2, 0.25) is 0 Å². The highest BCUT2D eigenvalue weighted by atomic mass is 79.9. The van der Waals surface area contributed by atoms with Crippen LogP contribution >= 0.6 is 15.9 Å². The van der Waals surface area contributed by atoms with Crippen LogP contribution in [0.5, 0.6) is 0 Å². The Morgan fingerprint density at radius 1 is 1.05 bits per heavy atom. The second-order valence-corrected chi connectivity index (χ2v) is 6.46. The summed E-state index contributed by atoms with van der Waals surface area (Å²) in [6.45, 7) is 0. The van der Waals surface area contributed by atoms with Crippen LogP contribution in [0.4, 0.5) is 5.69 Å². The molecule has 3 heterocycles. The molecule has 0 saturated heterocycles. The van der Waals surface area contributed by atoms with Gasteiger partial charge in [-0.05, 0) is 47.2 Å². The number of rotatable bonds is 0. The Bertz CT molecular complexity index is 649. The molecule has 0 spiro atoms. The van der Waals surface area contributed by atoms with Gasteiger partial charge in [-0.25, -0.2) is 0 Å². The molecule has 2 aromatic carbocycles. The predicted molar refractivity (Wildman–Crippen MR) is 83.1 cm³/mol. The lowest BCUT2D eigenvalue weighted by Crippen LogP contribution is -2.29. The Balaban J connectivity index is 2.07. The van der Waals surface area contributed by atoms with Crippen LogP contribution < -0.4 is 4.90 Å². The summed E-state index contributed by atoms with van der Waals surface area (Å²) in [4.78, 5) is 2.76. The van der Waals surface area contributed by atoms with E-state index in [0.29, 0.717) is 10.9 Å². The quantitative estimate of drug-likeness (QED) is 0.642. The van der Waals surface area contributed by atoms with Crippen molar-refractivity contribution in [3.05, 3.63) is 64.7 Å². The molecule has 1 nitrogen and oxygen atoms in total. The minimum atomic E-state index is 0.329. The van der Waals surface area contributed by atoms with E-state index >= 15 is 0 Å². The molecule has 0 saturated carbocycles. The van der Waals surface area contributed by atoms with E-state index in [2.05, 4.69) is 70.3 Å². The molecular formula is C17H16BrN. The third kappa shape index (κ3) is 1.59. The fourth-order valence-corrected chi connectivity index (χ4v) is 4.35. The zero-order valence-corrected chi connectivity index (χ0v) is 12.5. The average molecular weight is 314 g/mol. The highest BCUT2D eigenvalue weighted by Gasteiger charge is 2.30. The first-order valence-corrected chi connectivity index (χ1v) is 7.76. The maximum absolute atomic E-state index is 3.93. The van der Waals surface area contributed by atoms with E-state index in [1.807, 2.05) is 0 Å². The summed E-state index contributed by atoms with van der Waals surface area (Å²) in [5.74, 6) is 0. The molecule has 2 heteroatoms. The number of halogens is 1. The van der Waals surface area contributed by atoms with Gasteiger partial charge >= 0.3 is 0 Å². The zero-order valence-electron chi connectivity index (χ0n) is 10.9. The maximum atomic E-state index is 3.93. The van der Waals surface area contributed by atoms with Crippen LogP contribution in [0.3, 0.4) is 0 Å². The van der Waals surface area contributed by atoms with E-state index in [9.17, 15) is 0 Å². The second-order valence-electron chi connectivity index (χ2n) is 5.54. The molecule has 0 N–H and O–H groups in total. The molecule has 0 fully saturated rings. The number of fused-ring (bicyclic) bond motifs is 1. The number of hydrogen-bond acceptors (Lipinski definition) is 1. The van der Waals surface area contributed by atoms with Gasteiger partial charge in [-0.3, -0.25) is 0 Å². The molecule has 3 aliphatic heterocycles. The molecule has 19 heavy (non-hydrogen) atoms. The monoisotopic (exact) mass is 313 g/mol.